The van der Waals surface area contributed by atoms with Crippen LogP contribution in [0.3, 0.4) is 0 Å². The maximum absolute atomic E-state index is 13.8. The lowest BCUT2D eigenvalue weighted by Gasteiger charge is -2.07. The van der Waals surface area contributed by atoms with E-state index in [1.165, 1.54) is 0 Å². The molecule has 2 rings (SSSR count). The quantitative estimate of drug-likeness (QED) is 0.872. The van der Waals surface area contributed by atoms with Gasteiger partial charge >= 0.3 is 0 Å². The fourth-order valence-electron chi connectivity index (χ4n) is 2.16. The first-order valence-corrected chi connectivity index (χ1v) is 6.49. The zero-order chi connectivity index (χ0) is 14.9. The van der Waals surface area contributed by atoms with Crippen molar-refractivity contribution in [3.8, 4) is 11.3 Å². The lowest BCUT2D eigenvalue weighted by atomic mass is 10.1. The van der Waals surface area contributed by atoms with Gasteiger partial charge in [0.15, 0.2) is 11.6 Å². The Bertz CT molecular complexity index is 635. The minimum absolute atomic E-state index is 0.119. The van der Waals surface area contributed by atoms with E-state index >= 15 is 0 Å². The van der Waals surface area contributed by atoms with Crippen molar-refractivity contribution in [3.63, 3.8) is 0 Å². The summed E-state index contributed by atoms with van der Waals surface area (Å²) in [6.07, 6.45) is 1.46. The number of imidazole rings is 1. The number of benzene rings is 1. The molecule has 0 amide bonds. The van der Waals surface area contributed by atoms with Gasteiger partial charge in [0.25, 0.3) is 0 Å². The zero-order valence-electron chi connectivity index (χ0n) is 11.4. The van der Waals surface area contributed by atoms with Crippen LogP contribution in [0, 0.1) is 17.5 Å². The molecule has 1 aromatic carbocycles. The minimum atomic E-state index is -1.23. The predicted octanol–water partition coefficient (Wildman–Crippen LogP) is 3.52. The number of hydrogen-bond donors (Lipinski definition) is 1. The van der Waals surface area contributed by atoms with Gasteiger partial charge in [-0.3, -0.25) is 0 Å². The Morgan fingerprint density at radius 2 is 1.75 bits per heavy atom. The number of nitrogens with zero attached hydrogens (tertiary/aromatic N) is 2. The van der Waals surface area contributed by atoms with Crippen molar-refractivity contribution in [2.45, 2.75) is 33.2 Å². The summed E-state index contributed by atoms with van der Waals surface area (Å²) in [5, 5.41) is 0. The SMILES string of the molecule is CCCn1c(CC)nc(-c2cc(F)c(F)cc2F)c1N. The number of aryl methyl sites for hydroxylation is 1. The molecule has 0 bridgehead atoms. The number of hydrogen-bond acceptors (Lipinski definition) is 2. The lowest BCUT2D eigenvalue weighted by molar-refractivity contribution is 0.496. The van der Waals surface area contributed by atoms with Gasteiger partial charge in [0, 0.05) is 24.6 Å². The summed E-state index contributed by atoms with van der Waals surface area (Å²) in [5.41, 5.74) is 6.01. The summed E-state index contributed by atoms with van der Waals surface area (Å²) in [4.78, 5) is 4.26. The maximum Gasteiger partial charge on any atom is 0.161 e. The number of rotatable bonds is 4. The molecule has 108 valence electrons. The first-order chi connectivity index (χ1) is 9.49. The van der Waals surface area contributed by atoms with Crippen molar-refractivity contribution in [1.82, 2.24) is 9.55 Å². The highest BCUT2D eigenvalue weighted by Crippen LogP contribution is 2.30. The number of halogens is 3. The van der Waals surface area contributed by atoms with E-state index in [4.69, 9.17) is 5.73 Å². The van der Waals surface area contributed by atoms with Crippen LogP contribution in [0.25, 0.3) is 11.3 Å². The Morgan fingerprint density at radius 1 is 1.10 bits per heavy atom. The van der Waals surface area contributed by atoms with Crippen LogP contribution in [0.4, 0.5) is 19.0 Å². The molecule has 3 nitrogen and oxygen atoms in total. The molecule has 0 aliphatic heterocycles. The van der Waals surface area contributed by atoms with E-state index in [2.05, 4.69) is 4.98 Å². The van der Waals surface area contributed by atoms with Crippen molar-refractivity contribution >= 4 is 5.82 Å². The van der Waals surface area contributed by atoms with Gasteiger partial charge in [0.05, 0.1) is 0 Å². The first-order valence-electron chi connectivity index (χ1n) is 6.49. The van der Waals surface area contributed by atoms with Crippen LogP contribution in [0.2, 0.25) is 0 Å². The fraction of sp³-hybridized carbons (Fsp3) is 0.357. The van der Waals surface area contributed by atoms with Crippen molar-refractivity contribution in [2.24, 2.45) is 0 Å². The molecule has 0 aliphatic rings. The van der Waals surface area contributed by atoms with E-state index < -0.39 is 17.5 Å². The van der Waals surface area contributed by atoms with Gasteiger partial charge in [0.2, 0.25) is 0 Å². The molecule has 0 spiro atoms. The van der Waals surface area contributed by atoms with E-state index in [1.54, 1.807) is 4.57 Å². The molecule has 0 saturated heterocycles. The molecular weight excluding hydrogens is 267 g/mol. The standard InChI is InChI=1S/C14H16F3N3/c1-3-5-20-12(4-2)19-13(14(20)18)8-6-10(16)11(17)7-9(8)15/h6-7H,3-5,18H2,1-2H3. The Labute approximate surface area is 115 Å². The number of anilines is 1. The van der Waals surface area contributed by atoms with E-state index in [0.717, 1.165) is 12.5 Å². The molecule has 1 heterocycles. The zero-order valence-corrected chi connectivity index (χ0v) is 11.4. The van der Waals surface area contributed by atoms with Crippen LogP contribution in [0.15, 0.2) is 12.1 Å². The fourth-order valence-corrected chi connectivity index (χ4v) is 2.16. The Kier molecular flexibility index (Phi) is 4.01. The lowest BCUT2D eigenvalue weighted by Crippen LogP contribution is -2.06. The molecule has 0 unspecified atom stereocenters. The molecule has 0 saturated carbocycles. The minimum Gasteiger partial charge on any atom is -0.383 e. The second-order valence-corrected chi connectivity index (χ2v) is 4.51. The van der Waals surface area contributed by atoms with Gasteiger partial charge in [-0.05, 0) is 12.5 Å². The van der Waals surface area contributed by atoms with Gasteiger partial charge in [-0.15, -0.1) is 0 Å². The molecule has 2 N–H and O–H groups in total. The third kappa shape index (κ3) is 2.37. The van der Waals surface area contributed by atoms with Gasteiger partial charge < -0.3 is 10.3 Å². The normalized spacial score (nSPS) is 11.1. The Morgan fingerprint density at radius 3 is 2.35 bits per heavy atom. The second kappa shape index (κ2) is 5.56. The highest BCUT2D eigenvalue weighted by molar-refractivity contribution is 5.71. The van der Waals surface area contributed by atoms with Crippen molar-refractivity contribution in [2.75, 3.05) is 5.73 Å². The van der Waals surface area contributed by atoms with Crippen LogP contribution in [-0.2, 0) is 13.0 Å². The molecular formula is C14H16F3N3. The topological polar surface area (TPSA) is 43.8 Å². The van der Waals surface area contributed by atoms with E-state index in [-0.39, 0.29) is 17.1 Å². The molecule has 0 fully saturated rings. The highest BCUT2D eigenvalue weighted by Gasteiger charge is 2.19. The average Bonchev–Trinajstić information content (AvgIpc) is 2.72. The highest BCUT2D eigenvalue weighted by atomic mass is 19.2. The monoisotopic (exact) mass is 283 g/mol. The van der Waals surface area contributed by atoms with Crippen molar-refractivity contribution < 1.29 is 13.2 Å². The number of nitrogen functional groups attached to an aromatic ring is 1. The van der Waals surface area contributed by atoms with E-state index in [9.17, 15) is 13.2 Å². The number of nitrogens with two attached hydrogens (primary N) is 1. The third-order valence-electron chi connectivity index (χ3n) is 3.11. The second-order valence-electron chi connectivity index (χ2n) is 4.51. The van der Waals surface area contributed by atoms with Crippen LogP contribution < -0.4 is 5.73 Å². The van der Waals surface area contributed by atoms with Crippen molar-refractivity contribution in [3.05, 3.63) is 35.4 Å². The molecule has 20 heavy (non-hydrogen) atoms. The first kappa shape index (κ1) is 14.4. The summed E-state index contributed by atoms with van der Waals surface area (Å²) in [6.45, 7) is 4.53. The number of aromatic nitrogens is 2. The summed E-state index contributed by atoms with van der Waals surface area (Å²) < 4.78 is 41.9. The molecule has 0 aliphatic carbocycles. The molecule has 1 aromatic heterocycles. The smallest absolute Gasteiger partial charge is 0.161 e. The maximum atomic E-state index is 13.8. The average molecular weight is 283 g/mol. The summed E-state index contributed by atoms with van der Waals surface area (Å²) in [6, 6.07) is 1.30. The van der Waals surface area contributed by atoms with Crippen LogP contribution in [0.1, 0.15) is 26.1 Å². The summed E-state index contributed by atoms with van der Waals surface area (Å²) in [5.74, 6) is -2.26. The van der Waals surface area contributed by atoms with Crippen LogP contribution in [-0.4, -0.2) is 9.55 Å². The van der Waals surface area contributed by atoms with Crippen LogP contribution >= 0.6 is 0 Å². The van der Waals surface area contributed by atoms with E-state index in [0.29, 0.717) is 24.9 Å². The molecule has 6 heteroatoms. The largest absolute Gasteiger partial charge is 0.383 e. The Balaban J connectivity index is 2.61. The third-order valence-corrected chi connectivity index (χ3v) is 3.11. The van der Waals surface area contributed by atoms with Crippen molar-refractivity contribution in [1.29, 1.82) is 0 Å². The van der Waals surface area contributed by atoms with Gasteiger partial charge in [-0.2, -0.15) is 0 Å². The molecule has 0 radical (unpaired) electrons. The predicted molar refractivity (Wildman–Crippen MR) is 71.6 cm³/mol. The molecule has 0 atom stereocenters. The summed E-state index contributed by atoms with van der Waals surface area (Å²) in [7, 11) is 0. The van der Waals surface area contributed by atoms with Crippen LogP contribution in [0.5, 0.6) is 0 Å². The van der Waals surface area contributed by atoms with Gasteiger partial charge in [0.1, 0.15) is 23.2 Å². The Hall–Kier alpha value is -1.98. The summed E-state index contributed by atoms with van der Waals surface area (Å²) >= 11 is 0. The van der Waals surface area contributed by atoms with E-state index in [1.807, 2.05) is 13.8 Å². The molecule has 2 aromatic rings. The van der Waals surface area contributed by atoms with Gasteiger partial charge in [-0.25, -0.2) is 18.2 Å². The van der Waals surface area contributed by atoms with Gasteiger partial charge in [-0.1, -0.05) is 13.8 Å².